The van der Waals surface area contributed by atoms with Crippen molar-refractivity contribution in [3.63, 3.8) is 0 Å². The Hall–Kier alpha value is -0.920. The van der Waals surface area contributed by atoms with Crippen molar-refractivity contribution in [2.45, 2.75) is 23.8 Å². The Morgan fingerprint density at radius 3 is 2.88 bits per heavy atom. The number of thiophene rings is 1. The van der Waals surface area contributed by atoms with Crippen molar-refractivity contribution >= 4 is 27.3 Å². The minimum atomic E-state index is -3.63. The van der Waals surface area contributed by atoms with Crippen molar-refractivity contribution < 1.29 is 18.3 Å². The van der Waals surface area contributed by atoms with E-state index < -0.39 is 22.0 Å². The van der Waals surface area contributed by atoms with Crippen molar-refractivity contribution in [1.29, 1.82) is 0 Å². The van der Waals surface area contributed by atoms with Gasteiger partial charge in [-0.1, -0.05) is 0 Å². The summed E-state index contributed by atoms with van der Waals surface area (Å²) < 4.78 is 25.2. The second kappa shape index (κ2) is 4.15. The molecule has 1 atom stereocenters. The van der Waals surface area contributed by atoms with Gasteiger partial charge in [-0.15, -0.1) is 0 Å². The van der Waals surface area contributed by atoms with Crippen molar-refractivity contribution in [1.82, 2.24) is 4.31 Å². The largest absolute Gasteiger partial charge is 0.480 e. The summed E-state index contributed by atoms with van der Waals surface area (Å²) in [6, 6.07) is 0.585. The molecule has 0 bridgehead atoms. The van der Waals surface area contributed by atoms with E-state index in [1.807, 2.05) is 0 Å². The summed E-state index contributed by atoms with van der Waals surface area (Å²) in [5.74, 6) is -1.07. The lowest BCUT2D eigenvalue weighted by atomic mass is 10.2. The minimum Gasteiger partial charge on any atom is -0.480 e. The van der Waals surface area contributed by atoms with Crippen LogP contribution in [-0.4, -0.2) is 36.4 Å². The molecule has 1 saturated heterocycles. The summed E-state index contributed by atoms with van der Waals surface area (Å²) in [7, 11) is -3.63. The lowest BCUT2D eigenvalue weighted by molar-refractivity contribution is -0.140. The van der Waals surface area contributed by atoms with Crippen molar-refractivity contribution in [2.75, 3.05) is 6.54 Å². The van der Waals surface area contributed by atoms with Crippen LogP contribution in [-0.2, 0) is 14.8 Å². The number of aliphatic carboxylic acids is 1. The molecule has 0 aliphatic carbocycles. The highest BCUT2D eigenvalue weighted by Gasteiger charge is 2.39. The third-order valence-electron chi connectivity index (χ3n) is 2.59. The summed E-state index contributed by atoms with van der Waals surface area (Å²) in [5.41, 5.74) is 0. The zero-order valence-electron chi connectivity index (χ0n) is 8.37. The molecule has 0 aromatic carbocycles. The SMILES string of the molecule is O=C(O)[C@H]1CCCN1S(=O)(=O)c1ccsc1. The molecule has 16 heavy (non-hydrogen) atoms. The van der Waals surface area contributed by atoms with Crippen LogP contribution in [0.1, 0.15) is 12.8 Å². The molecule has 2 heterocycles. The molecule has 1 aliphatic rings. The van der Waals surface area contributed by atoms with E-state index in [1.54, 1.807) is 5.38 Å². The Labute approximate surface area is 97.4 Å². The van der Waals surface area contributed by atoms with E-state index in [-0.39, 0.29) is 11.4 Å². The van der Waals surface area contributed by atoms with Crippen LogP contribution >= 0.6 is 11.3 Å². The molecular weight excluding hydrogens is 250 g/mol. The number of carboxylic acids is 1. The topological polar surface area (TPSA) is 74.7 Å². The van der Waals surface area contributed by atoms with E-state index in [4.69, 9.17) is 5.11 Å². The first kappa shape index (κ1) is 11.6. The molecule has 88 valence electrons. The Balaban J connectivity index is 2.34. The second-order valence-corrected chi connectivity index (χ2v) is 6.24. The average Bonchev–Trinajstić information content (AvgIpc) is 2.89. The number of carboxylic acid groups (broad SMARTS) is 1. The molecule has 1 aromatic heterocycles. The fourth-order valence-corrected chi connectivity index (χ4v) is 4.48. The maximum Gasteiger partial charge on any atom is 0.322 e. The summed E-state index contributed by atoms with van der Waals surface area (Å²) in [4.78, 5) is 11.1. The van der Waals surface area contributed by atoms with Crippen molar-refractivity contribution in [3.05, 3.63) is 16.8 Å². The van der Waals surface area contributed by atoms with E-state index >= 15 is 0 Å². The zero-order chi connectivity index (χ0) is 11.8. The third-order valence-corrected chi connectivity index (χ3v) is 5.33. The van der Waals surface area contributed by atoms with Gasteiger partial charge in [0.2, 0.25) is 10.0 Å². The number of sulfonamides is 1. The molecular formula is C9H11NO4S2. The van der Waals surface area contributed by atoms with Gasteiger partial charge in [0.15, 0.2) is 0 Å². The van der Waals surface area contributed by atoms with E-state index in [1.165, 1.54) is 22.8 Å². The van der Waals surface area contributed by atoms with Crippen LogP contribution in [0.3, 0.4) is 0 Å². The summed E-state index contributed by atoms with van der Waals surface area (Å²) in [6.07, 6.45) is 0.985. The van der Waals surface area contributed by atoms with Crippen LogP contribution in [0.5, 0.6) is 0 Å². The van der Waals surface area contributed by atoms with Gasteiger partial charge >= 0.3 is 5.97 Å². The Bertz CT molecular complexity index is 480. The number of hydrogen-bond donors (Lipinski definition) is 1. The zero-order valence-corrected chi connectivity index (χ0v) is 10.00. The van der Waals surface area contributed by atoms with Gasteiger partial charge in [-0.05, 0) is 24.3 Å². The molecule has 0 saturated carbocycles. The fourth-order valence-electron chi connectivity index (χ4n) is 1.81. The minimum absolute atomic E-state index is 0.186. The van der Waals surface area contributed by atoms with Gasteiger partial charge in [-0.3, -0.25) is 4.79 Å². The maximum atomic E-state index is 12.1. The number of rotatable bonds is 3. The van der Waals surface area contributed by atoms with E-state index in [0.29, 0.717) is 12.8 Å². The second-order valence-electron chi connectivity index (χ2n) is 3.57. The standard InChI is InChI=1S/C9H11NO4S2/c11-9(12)8-2-1-4-10(8)16(13,14)7-3-5-15-6-7/h3,5-6,8H,1-2,4H2,(H,11,12)/t8-/m1/s1. The Kier molecular flexibility index (Phi) is 3.00. The first-order valence-corrected chi connectivity index (χ1v) is 7.18. The molecule has 0 spiro atoms. The molecule has 1 fully saturated rings. The van der Waals surface area contributed by atoms with Crippen LogP contribution in [0, 0.1) is 0 Å². The summed E-state index contributed by atoms with van der Waals surface area (Å²) in [5, 5.41) is 12.1. The first-order chi connectivity index (χ1) is 7.53. The Morgan fingerprint density at radius 2 is 2.31 bits per heavy atom. The van der Waals surface area contributed by atoms with Gasteiger partial charge in [-0.25, -0.2) is 8.42 Å². The van der Waals surface area contributed by atoms with Crippen molar-refractivity contribution in [2.24, 2.45) is 0 Å². The van der Waals surface area contributed by atoms with Gasteiger partial charge in [-0.2, -0.15) is 15.6 Å². The quantitative estimate of drug-likeness (QED) is 0.880. The van der Waals surface area contributed by atoms with Crippen molar-refractivity contribution in [3.8, 4) is 0 Å². The fraction of sp³-hybridized carbons (Fsp3) is 0.444. The molecule has 1 aromatic rings. The smallest absolute Gasteiger partial charge is 0.322 e. The van der Waals surface area contributed by atoms with Gasteiger partial charge in [0, 0.05) is 11.9 Å². The third kappa shape index (κ3) is 1.85. The van der Waals surface area contributed by atoms with Gasteiger partial charge < -0.3 is 5.11 Å². The molecule has 0 unspecified atom stereocenters. The van der Waals surface area contributed by atoms with E-state index in [2.05, 4.69) is 0 Å². The predicted molar refractivity (Wildman–Crippen MR) is 58.9 cm³/mol. The molecule has 7 heteroatoms. The van der Waals surface area contributed by atoms with Gasteiger partial charge in [0.1, 0.15) is 6.04 Å². The molecule has 1 aliphatic heterocycles. The first-order valence-electron chi connectivity index (χ1n) is 4.80. The normalized spacial score (nSPS) is 22.4. The molecule has 0 amide bonds. The maximum absolute atomic E-state index is 12.1. The highest BCUT2D eigenvalue weighted by atomic mass is 32.2. The monoisotopic (exact) mass is 261 g/mol. The highest BCUT2D eigenvalue weighted by Crippen LogP contribution is 2.27. The van der Waals surface area contributed by atoms with Crippen LogP contribution in [0.2, 0.25) is 0 Å². The van der Waals surface area contributed by atoms with Gasteiger partial charge in [0.25, 0.3) is 0 Å². The lowest BCUT2D eigenvalue weighted by Crippen LogP contribution is -2.40. The van der Waals surface area contributed by atoms with Crippen LogP contribution in [0.15, 0.2) is 21.7 Å². The summed E-state index contributed by atoms with van der Waals surface area (Å²) in [6.45, 7) is 0.287. The number of nitrogens with zero attached hydrogens (tertiary/aromatic N) is 1. The molecule has 2 rings (SSSR count). The highest BCUT2D eigenvalue weighted by molar-refractivity contribution is 7.89. The molecule has 1 N–H and O–H groups in total. The molecule has 0 radical (unpaired) electrons. The van der Waals surface area contributed by atoms with E-state index in [0.717, 1.165) is 4.31 Å². The van der Waals surface area contributed by atoms with E-state index in [9.17, 15) is 13.2 Å². The predicted octanol–water partition coefficient (Wildman–Crippen LogP) is 0.986. The van der Waals surface area contributed by atoms with Gasteiger partial charge in [0.05, 0.1) is 4.90 Å². The van der Waals surface area contributed by atoms with Crippen LogP contribution < -0.4 is 0 Å². The Morgan fingerprint density at radius 1 is 1.56 bits per heavy atom. The number of hydrogen-bond acceptors (Lipinski definition) is 4. The average molecular weight is 261 g/mol. The molecule has 5 nitrogen and oxygen atoms in total. The summed E-state index contributed by atoms with van der Waals surface area (Å²) >= 11 is 1.28. The lowest BCUT2D eigenvalue weighted by Gasteiger charge is -2.19. The van der Waals surface area contributed by atoms with Crippen LogP contribution in [0.25, 0.3) is 0 Å². The number of carbonyl (C=O) groups is 1. The van der Waals surface area contributed by atoms with Crippen LogP contribution in [0.4, 0.5) is 0 Å².